The average molecular weight is 140 g/mol. The maximum Gasteiger partial charge on any atom is 0.0725 e. The van der Waals surface area contributed by atoms with Crippen molar-refractivity contribution in [2.75, 3.05) is 6.54 Å². The summed E-state index contributed by atoms with van der Waals surface area (Å²) in [6.45, 7) is 3.46. The van der Waals surface area contributed by atoms with Gasteiger partial charge in [-0.15, -0.1) is 5.10 Å². The van der Waals surface area contributed by atoms with Gasteiger partial charge in [0.25, 0.3) is 0 Å². The van der Waals surface area contributed by atoms with Crippen molar-refractivity contribution in [2.24, 2.45) is 5.73 Å². The molecule has 0 bridgehead atoms. The molecule has 0 unspecified atom stereocenters. The van der Waals surface area contributed by atoms with Crippen molar-refractivity contribution < 1.29 is 0 Å². The van der Waals surface area contributed by atoms with Crippen LogP contribution in [0.25, 0.3) is 0 Å². The minimum atomic E-state index is 0.621. The van der Waals surface area contributed by atoms with Crippen LogP contribution in [0.5, 0.6) is 0 Å². The molecule has 0 saturated heterocycles. The van der Waals surface area contributed by atoms with Gasteiger partial charge in [0.1, 0.15) is 0 Å². The molecule has 1 aromatic heterocycles. The first-order chi connectivity index (χ1) is 4.88. The first kappa shape index (κ1) is 7.21. The predicted octanol–water partition coefficient (Wildman–Crippen LogP) is -0.201. The Labute approximate surface area is 60.0 Å². The van der Waals surface area contributed by atoms with Crippen molar-refractivity contribution in [1.29, 1.82) is 0 Å². The molecule has 4 heteroatoms. The van der Waals surface area contributed by atoms with Gasteiger partial charge in [-0.05, 0) is 6.42 Å². The van der Waals surface area contributed by atoms with Crippen LogP contribution < -0.4 is 5.73 Å². The van der Waals surface area contributed by atoms with E-state index in [0.29, 0.717) is 6.54 Å². The van der Waals surface area contributed by atoms with E-state index in [4.69, 9.17) is 5.73 Å². The topological polar surface area (TPSA) is 56.7 Å². The first-order valence-electron chi connectivity index (χ1n) is 3.46. The van der Waals surface area contributed by atoms with Crippen molar-refractivity contribution in [3.8, 4) is 0 Å². The fourth-order valence-electron chi connectivity index (χ4n) is 0.863. The average Bonchev–Trinajstić information content (AvgIpc) is 2.36. The van der Waals surface area contributed by atoms with E-state index in [1.54, 1.807) is 6.20 Å². The lowest BCUT2D eigenvalue weighted by Crippen LogP contribution is -2.13. The summed E-state index contributed by atoms with van der Waals surface area (Å²) < 4.78 is 1.83. The highest BCUT2D eigenvalue weighted by Crippen LogP contribution is 1.94. The summed E-state index contributed by atoms with van der Waals surface area (Å²) in [5.41, 5.74) is 6.50. The number of aryl methyl sites for hydroxylation is 1. The van der Waals surface area contributed by atoms with Crippen LogP contribution >= 0.6 is 0 Å². The van der Waals surface area contributed by atoms with Gasteiger partial charge in [0.2, 0.25) is 0 Å². The second-order valence-corrected chi connectivity index (χ2v) is 2.09. The second kappa shape index (κ2) is 3.31. The van der Waals surface area contributed by atoms with Crippen molar-refractivity contribution in [3.63, 3.8) is 0 Å². The number of hydrogen-bond acceptors (Lipinski definition) is 3. The lowest BCUT2D eigenvalue weighted by Gasteiger charge is -1.99. The van der Waals surface area contributed by atoms with Gasteiger partial charge in [0.05, 0.1) is 18.4 Å². The highest BCUT2D eigenvalue weighted by molar-refractivity contribution is 4.92. The summed E-state index contributed by atoms with van der Waals surface area (Å²) in [7, 11) is 0. The van der Waals surface area contributed by atoms with E-state index in [1.165, 1.54) is 0 Å². The van der Waals surface area contributed by atoms with E-state index < -0.39 is 0 Å². The SMILES string of the molecule is CCc1cnnn1CCN. The van der Waals surface area contributed by atoms with Gasteiger partial charge < -0.3 is 5.73 Å². The largest absolute Gasteiger partial charge is 0.329 e. The Bertz CT molecular complexity index is 193. The molecule has 0 spiro atoms. The van der Waals surface area contributed by atoms with E-state index in [9.17, 15) is 0 Å². The Balaban J connectivity index is 2.70. The van der Waals surface area contributed by atoms with Crippen LogP contribution in [0.4, 0.5) is 0 Å². The molecule has 4 nitrogen and oxygen atoms in total. The van der Waals surface area contributed by atoms with Crippen LogP contribution in [0, 0.1) is 0 Å². The molecule has 0 fully saturated rings. The van der Waals surface area contributed by atoms with Gasteiger partial charge in [-0.2, -0.15) is 0 Å². The standard InChI is InChI=1S/C6H12N4/c1-2-6-5-8-9-10(6)4-3-7/h5H,2-4,7H2,1H3. The number of aromatic nitrogens is 3. The molecular weight excluding hydrogens is 128 g/mol. The van der Waals surface area contributed by atoms with Crippen molar-refractivity contribution in [2.45, 2.75) is 19.9 Å². The molecule has 0 saturated carbocycles. The summed E-state index contributed by atoms with van der Waals surface area (Å²) in [5, 5.41) is 7.63. The third-order valence-corrected chi connectivity index (χ3v) is 1.40. The minimum Gasteiger partial charge on any atom is -0.329 e. The van der Waals surface area contributed by atoms with E-state index in [-0.39, 0.29) is 0 Å². The zero-order valence-corrected chi connectivity index (χ0v) is 6.12. The molecule has 56 valence electrons. The van der Waals surface area contributed by atoms with Gasteiger partial charge in [0, 0.05) is 6.54 Å². The normalized spacial score (nSPS) is 10.2. The van der Waals surface area contributed by atoms with Crippen LogP contribution in [-0.4, -0.2) is 21.5 Å². The first-order valence-corrected chi connectivity index (χ1v) is 3.46. The summed E-state index contributed by atoms with van der Waals surface area (Å²) in [4.78, 5) is 0. The van der Waals surface area contributed by atoms with Crippen molar-refractivity contribution in [3.05, 3.63) is 11.9 Å². The van der Waals surface area contributed by atoms with Crippen molar-refractivity contribution >= 4 is 0 Å². The zero-order valence-electron chi connectivity index (χ0n) is 6.12. The molecular formula is C6H12N4. The summed E-state index contributed by atoms with van der Waals surface area (Å²) in [5.74, 6) is 0. The molecule has 0 aliphatic heterocycles. The third-order valence-electron chi connectivity index (χ3n) is 1.40. The van der Waals surface area contributed by atoms with Gasteiger partial charge >= 0.3 is 0 Å². The van der Waals surface area contributed by atoms with E-state index in [0.717, 1.165) is 18.7 Å². The fraction of sp³-hybridized carbons (Fsp3) is 0.667. The monoisotopic (exact) mass is 140 g/mol. The van der Waals surface area contributed by atoms with E-state index >= 15 is 0 Å². The minimum absolute atomic E-state index is 0.621. The second-order valence-electron chi connectivity index (χ2n) is 2.09. The van der Waals surface area contributed by atoms with Crippen molar-refractivity contribution in [1.82, 2.24) is 15.0 Å². The summed E-state index contributed by atoms with van der Waals surface area (Å²) >= 11 is 0. The van der Waals surface area contributed by atoms with Crippen LogP contribution in [0.2, 0.25) is 0 Å². The molecule has 0 aliphatic rings. The highest BCUT2D eigenvalue weighted by atomic mass is 15.4. The van der Waals surface area contributed by atoms with Gasteiger partial charge in [-0.3, -0.25) is 0 Å². The molecule has 0 aromatic carbocycles. The number of rotatable bonds is 3. The van der Waals surface area contributed by atoms with Crippen LogP contribution in [0.3, 0.4) is 0 Å². The molecule has 10 heavy (non-hydrogen) atoms. The Hall–Kier alpha value is -0.900. The quantitative estimate of drug-likeness (QED) is 0.632. The lowest BCUT2D eigenvalue weighted by atomic mass is 10.4. The fourth-order valence-corrected chi connectivity index (χ4v) is 0.863. The Morgan fingerprint density at radius 3 is 3.10 bits per heavy atom. The van der Waals surface area contributed by atoms with E-state index in [2.05, 4.69) is 17.2 Å². The maximum atomic E-state index is 5.35. The van der Waals surface area contributed by atoms with Crippen LogP contribution in [0.1, 0.15) is 12.6 Å². The van der Waals surface area contributed by atoms with Gasteiger partial charge in [-0.25, -0.2) is 4.68 Å². The van der Waals surface area contributed by atoms with Crippen LogP contribution in [0.15, 0.2) is 6.20 Å². The molecule has 0 aliphatic carbocycles. The third kappa shape index (κ3) is 1.33. The highest BCUT2D eigenvalue weighted by Gasteiger charge is 1.97. The number of nitrogens with two attached hydrogens (primary N) is 1. The zero-order chi connectivity index (χ0) is 7.40. The predicted molar refractivity (Wildman–Crippen MR) is 38.5 cm³/mol. The molecule has 1 aromatic rings. The molecule has 0 radical (unpaired) electrons. The molecule has 1 rings (SSSR count). The van der Waals surface area contributed by atoms with Gasteiger partial charge in [0.15, 0.2) is 0 Å². The maximum absolute atomic E-state index is 5.35. The number of hydrogen-bond donors (Lipinski definition) is 1. The van der Waals surface area contributed by atoms with Gasteiger partial charge in [-0.1, -0.05) is 12.1 Å². The Morgan fingerprint density at radius 2 is 2.50 bits per heavy atom. The Kier molecular flexibility index (Phi) is 2.39. The molecule has 0 atom stereocenters. The molecule has 1 heterocycles. The summed E-state index contributed by atoms with van der Waals surface area (Å²) in [6, 6.07) is 0. The van der Waals surface area contributed by atoms with Crippen LogP contribution in [-0.2, 0) is 13.0 Å². The lowest BCUT2D eigenvalue weighted by molar-refractivity contribution is 0.575. The summed E-state index contributed by atoms with van der Waals surface area (Å²) in [6.07, 6.45) is 2.74. The molecule has 0 amide bonds. The smallest absolute Gasteiger partial charge is 0.0725 e. The van der Waals surface area contributed by atoms with E-state index in [1.807, 2.05) is 4.68 Å². The Morgan fingerprint density at radius 1 is 1.70 bits per heavy atom. The number of nitrogens with zero attached hydrogens (tertiary/aromatic N) is 3. The molecule has 2 N–H and O–H groups in total.